The highest BCUT2D eigenvalue weighted by atomic mass is 79.9. The van der Waals surface area contributed by atoms with Crippen LogP contribution >= 0.6 is 15.9 Å². The third-order valence-electron chi connectivity index (χ3n) is 5.32. The summed E-state index contributed by atoms with van der Waals surface area (Å²) in [6.45, 7) is 12.7. The van der Waals surface area contributed by atoms with Crippen LogP contribution in [0.1, 0.15) is 50.4 Å². The Morgan fingerprint density at radius 1 is 1.42 bits per heavy atom. The molecule has 1 atom stereocenters. The Morgan fingerprint density at radius 3 is 2.75 bits per heavy atom. The fraction of sp³-hybridized carbons (Fsp3) is 0.667. The number of pyridine rings is 1. The molecule has 24 heavy (non-hydrogen) atoms. The topological polar surface area (TPSA) is 42.4 Å². The van der Waals surface area contributed by atoms with Gasteiger partial charge in [0, 0.05) is 12.7 Å². The molecule has 1 unspecified atom stereocenters. The Hall–Kier alpha value is -0.723. The number of nitrogens with zero attached hydrogens (tertiary/aromatic N) is 2. The maximum absolute atomic E-state index is 13.0. The Morgan fingerprint density at radius 2 is 2.12 bits per heavy atom. The van der Waals surface area contributed by atoms with Crippen LogP contribution in [-0.4, -0.2) is 43.3 Å². The molecule has 1 aromatic heterocycles. The van der Waals surface area contributed by atoms with E-state index in [-0.39, 0.29) is 17.0 Å². The summed E-state index contributed by atoms with van der Waals surface area (Å²) in [6.07, 6.45) is 4.91. The predicted molar refractivity (Wildman–Crippen MR) is 104 cm³/mol. The van der Waals surface area contributed by atoms with Crippen LogP contribution in [0.5, 0.6) is 0 Å². The number of carbonyl (C=O) groups excluding carboxylic acids is 1. The van der Waals surface area contributed by atoms with Gasteiger partial charge in [0.15, 0.2) is 8.32 Å². The van der Waals surface area contributed by atoms with E-state index in [9.17, 15) is 4.79 Å². The second-order valence-corrected chi connectivity index (χ2v) is 13.6. The molecule has 0 N–H and O–H groups in total. The Balaban J connectivity index is 2.11. The summed E-state index contributed by atoms with van der Waals surface area (Å²) >= 11 is 3.40. The average Bonchev–Trinajstić information content (AvgIpc) is 2.52. The van der Waals surface area contributed by atoms with Crippen LogP contribution in [0.3, 0.4) is 0 Å². The minimum absolute atomic E-state index is 0.0542. The lowest BCUT2D eigenvalue weighted by Crippen LogP contribution is -2.50. The van der Waals surface area contributed by atoms with E-state index in [1.165, 1.54) is 0 Å². The van der Waals surface area contributed by atoms with Crippen molar-refractivity contribution in [1.29, 1.82) is 0 Å². The molecule has 0 saturated carbocycles. The van der Waals surface area contributed by atoms with Gasteiger partial charge in [0.05, 0.1) is 18.2 Å². The first-order chi connectivity index (χ1) is 11.1. The predicted octanol–water partition coefficient (Wildman–Crippen LogP) is 4.86. The first-order valence-corrected chi connectivity index (χ1v) is 12.4. The lowest BCUT2D eigenvalue weighted by molar-refractivity contribution is 0.0513. The van der Waals surface area contributed by atoms with Crippen LogP contribution in [-0.2, 0) is 4.43 Å². The average molecular weight is 413 g/mol. The molecule has 1 saturated heterocycles. The highest BCUT2D eigenvalue weighted by molar-refractivity contribution is 9.10. The smallest absolute Gasteiger partial charge is 0.256 e. The third-order valence-corrected chi connectivity index (χ3v) is 10.5. The van der Waals surface area contributed by atoms with Gasteiger partial charge in [0.2, 0.25) is 0 Å². The van der Waals surface area contributed by atoms with Crippen molar-refractivity contribution in [2.75, 3.05) is 13.2 Å². The van der Waals surface area contributed by atoms with E-state index in [0.717, 1.165) is 25.8 Å². The molecule has 4 nitrogen and oxygen atoms in total. The molecule has 134 valence electrons. The molecule has 1 aliphatic heterocycles. The van der Waals surface area contributed by atoms with Gasteiger partial charge in [0.1, 0.15) is 4.60 Å². The molecular formula is C18H29BrN2O2Si. The zero-order chi connectivity index (χ0) is 18.0. The van der Waals surface area contributed by atoms with Gasteiger partial charge in [-0.1, -0.05) is 20.8 Å². The summed E-state index contributed by atoms with van der Waals surface area (Å²) in [5, 5.41) is 0.183. The van der Waals surface area contributed by atoms with Gasteiger partial charge in [-0.05, 0) is 65.5 Å². The molecule has 2 rings (SSSR count). The second kappa shape index (κ2) is 7.66. The van der Waals surface area contributed by atoms with E-state index in [1.807, 2.05) is 17.0 Å². The summed E-state index contributed by atoms with van der Waals surface area (Å²) in [6, 6.07) is 3.80. The van der Waals surface area contributed by atoms with E-state index in [2.05, 4.69) is 54.8 Å². The quantitative estimate of drug-likeness (QED) is 0.523. The molecule has 0 bridgehead atoms. The van der Waals surface area contributed by atoms with Crippen molar-refractivity contribution in [2.45, 2.75) is 64.2 Å². The highest BCUT2D eigenvalue weighted by Crippen LogP contribution is 2.37. The Kier molecular flexibility index (Phi) is 6.26. The van der Waals surface area contributed by atoms with E-state index in [4.69, 9.17) is 4.43 Å². The molecular weight excluding hydrogens is 384 g/mol. The largest absolute Gasteiger partial charge is 0.415 e. The normalized spacial score (nSPS) is 19.4. The van der Waals surface area contributed by atoms with Crippen LogP contribution in [0.4, 0.5) is 0 Å². The van der Waals surface area contributed by atoms with Gasteiger partial charge >= 0.3 is 0 Å². The second-order valence-electron chi connectivity index (χ2n) is 8.06. The Bertz CT molecular complexity index is 587. The van der Waals surface area contributed by atoms with Crippen LogP contribution in [0.25, 0.3) is 0 Å². The van der Waals surface area contributed by atoms with Crippen LogP contribution in [0.2, 0.25) is 18.1 Å². The molecule has 0 spiro atoms. The van der Waals surface area contributed by atoms with Gasteiger partial charge in [-0.3, -0.25) is 4.79 Å². The number of likely N-dealkylation sites (tertiary alicyclic amines) is 1. The van der Waals surface area contributed by atoms with E-state index in [0.29, 0.717) is 16.8 Å². The minimum atomic E-state index is -1.80. The molecule has 0 aliphatic carbocycles. The van der Waals surface area contributed by atoms with Crippen LogP contribution in [0, 0.1) is 0 Å². The minimum Gasteiger partial charge on any atom is -0.415 e. The fourth-order valence-corrected chi connectivity index (χ4v) is 4.12. The highest BCUT2D eigenvalue weighted by Gasteiger charge is 2.39. The summed E-state index contributed by atoms with van der Waals surface area (Å²) in [5.74, 6) is 0.0542. The number of amides is 1. The zero-order valence-corrected chi connectivity index (χ0v) is 18.0. The van der Waals surface area contributed by atoms with Gasteiger partial charge in [-0.2, -0.15) is 0 Å². The maximum Gasteiger partial charge on any atom is 0.256 e. The fourth-order valence-electron chi connectivity index (χ4n) is 2.66. The number of aromatic nitrogens is 1. The van der Waals surface area contributed by atoms with E-state index < -0.39 is 8.32 Å². The number of halogens is 1. The molecule has 2 heterocycles. The molecule has 1 aromatic rings. The van der Waals surface area contributed by atoms with Crippen molar-refractivity contribution in [1.82, 2.24) is 9.88 Å². The van der Waals surface area contributed by atoms with Crippen LogP contribution in [0.15, 0.2) is 22.9 Å². The van der Waals surface area contributed by atoms with Gasteiger partial charge < -0.3 is 9.33 Å². The maximum atomic E-state index is 13.0. The van der Waals surface area contributed by atoms with Crippen LogP contribution < -0.4 is 0 Å². The number of rotatable bonds is 4. The van der Waals surface area contributed by atoms with Gasteiger partial charge in [-0.25, -0.2) is 4.98 Å². The van der Waals surface area contributed by atoms with Crippen molar-refractivity contribution >= 4 is 30.2 Å². The molecule has 0 radical (unpaired) electrons. The Labute approximate surface area is 155 Å². The first kappa shape index (κ1) is 19.6. The summed E-state index contributed by atoms with van der Waals surface area (Å²) < 4.78 is 7.01. The lowest BCUT2D eigenvalue weighted by Gasteiger charge is -2.41. The van der Waals surface area contributed by atoms with Gasteiger partial charge in [0.25, 0.3) is 5.91 Å². The number of hydrogen-bond acceptors (Lipinski definition) is 3. The first-order valence-electron chi connectivity index (χ1n) is 8.69. The third kappa shape index (κ3) is 4.46. The van der Waals surface area contributed by atoms with E-state index in [1.54, 1.807) is 6.20 Å². The molecule has 1 amide bonds. The number of carbonyl (C=O) groups is 1. The molecule has 1 fully saturated rings. The molecule has 0 aromatic carbocycles. The van der Waals surface area contributed by atoms with Crippen molar-refractivity contribution in [2.24, 2.45) is 0 Å². The molecule has 1 aliphatic rings. The number of piperidine rings is 1. The summed E-state index contributed by atoms with van der Waals surface area (Å²) in [4.78, 5) is 19.1. The van der Waals surface area contributed by atoms with Crippen molar-refractivity contribution < 1.29 is 9.22 Å². The zero-order valence-electron chi connectivity index (χ0n) is 15.4. The van der Waals surface area contributed by atoms with Crippen molar-refractivity contribution in [3.8, 4) is 0 Å². The lowest BCUT2D eigenvalue weighted by atomic mass is 10.0. The van der Waals surface area contributed by atoms with Crippen molar-refractivity contribution in [3.63, 3.8) is 0 Å². The van der Waals surface area contributed by atoms with Crippen molar-refractivity contribution in [3.05, 3.63) is 28.5 Å². The SMILES string of the molecule is CC(C)(C)[Si](C)(C)OCC1CCCCN1C(=O)c1cccnc1Br. The number of hydrogen-bond donors (Lipinski definition) is 0. The molecule has 6 heteroatoms. The standard InChI is InChI=1S/C18H29BrN2O2Si/c1-18(2,3)24(4,5)23-13-14-9-6-7-12-21(14)17(22)15-10-8-11-20-16(15)19/h8,10-11,14H,6-7,9,12-13H2,1-5H3. The monoisotopic (exact) mass is 412 g/mol. The summed E-state index contributed by atoms with van der Waals surface area (Å²) in [7, 11) is -1.80. The van der Waals surface area contributed by atoms with Gasteiger partial charge in [-0.15, -0.1) is 0 Å². The summed E-state index contributed by atoms with van der Waals surface area (Å²) in [5.41, 5.74) is 0.636. The van der Waals surface area contributed by atoms with E-state index >= 15 is 0 Å².